The first-order valence-corrected chi connectivity index (χ1v) is 9.78. The lowest BCUT2D eigenvalue weighted by molar-refractivity contribution is -0.119. The number of carbonyl (C=O) groups is 1. The lowest BCUT2D eigenvalue weighted by Crippen LogP contribution is -2.33. The van der Waals surface area contributed by atoms with Crippen molar-refractivity contribution < 1.29 is 13.6 Å². The molecule has 0 aliphatic rings. The quantitative estimate of drug-likeness (QED) is 0.504. The first-order valence-electron chi connectivity index (χ1n) is 8.80. The van der Waals surface area contributed by atoms with E-state index >= 15 is 0 Å². The third-order valence-corrected chi connectivity index (χ3v) is 5.19. The number of nitrogens with zero attached hydrogens (tertiary/aromatic N) is 2. The van der Waals surface area contributed by atoms with Crippen molar-refractivity contribution in [1.82, 2.24) is 14.9 Å². The van der Waals surface area contributed by atoms with E-state index in [4.69, 9.17) is 0 Å². The maximum Gasteiger partial charge on any atom is 0.266 e. The number of nitrogens with one attached hydrogen (secondary N) is 1. The van der Waals surface area contributed by atoms with Gasteiger partial charge in [-0.15, -0.1) is 0 Å². The maximum atomic E-state index is 14.4. The molecule has 0 unspecified atom stereocenters. The normalized spacial score (nSPS) is 12.1. The minimum Gasteiger partial charge on any atom is -0.353 e. The van der Waals surface area contributed by atoms with Crippen molar-refractivity contribution in [3.8, 4) is 5.69 Å². The zero-order valence-electron chi connectivity index (χ0n) is 15.4. The highest BCUT2D eigenvalue weighted by Gasteiger charge is 2.18. The van der Waals surface area contributed by atoms with Crippen molar-refractivity contribution in [3.05, 3.63) is 64.5 Å². The Labute approximate surface area is 164 Å². The zero-order chi connectivity index (χ0) is 20.3. The second kappa shape index (κ2) is 8.52. The highest BCUT2D eigenvalue weighted by atomic mass is 32.2. The molecule has 146 valence electrons. The lowest BCUT2D eigenvalue weighted by Gasteiger charge is -2.15. The summed E-state index contributed by atoms with van der Waals surface area (Å²) in [6.07, 6.45) is 0.788. The Balaban J connectivity index is 2.07. The second-order valence-electron chi connectivity index (χ2n) is 6.31. The molecule has 1 amide bonds. The average Bonchev–Trinajstić information content (AvgIpc) is 2.67. The number of fused-ring (bicyclic) bond motifs is 1. The van der Waals surface area contributed by atoms with Crippen LogP contribution < -0.4 is 10.9 Å². The molecule has 0 saturated heterocycles. The van der Waals surface area contributed by atoms with E-state index in [9.17, 15) is 18.4 Å². The zero-order valence-corrected chi connectivity index (χ0v) is 16.2. The van der Waals surface area contributed by atoms with Gasteiger partial charge in [0, 0.05) is 12.1 Å². The minimum absolute atomic E-state index is 0.0118. The van der Waals surface area contributed by atoms with Gasteiger partial charge in [-0.1, -0.05) is 30.8 Å². The van der Waals surface area contributed by atoms with Crippen LogP contribution in [0.25, 0.3) is 16.6 Å². The van der Waals surface area contributed by atoms with Gasteiger partial charge in [0.05, 0.1) is 22.3 Å². The molecule has 0 radical (unpaired) electrons. The van der Waals surface area contributed by atoms with Gasteiger partial charge < -0.3 is 5.32 Å². The van der Waals surface area contributed by atoms with E-state index in [1.807, 2.05) is 13.8 Å². The topological polar surface area (TPSA) is 64.0 Å². The number of hydrogen-bond acceptors (Lipinski definition) is 4. The fourth-order valence-corrected chi connectivity index (χ4v) is 3.45. The number of amides is 1. The number of benzene rings is 2. The maximum absolute atomic E-state index is 14.4. The Kier molecular flexibility index (Phi) is 6.08. The van der Waals surface area contributed by atoms with Gasteiger partial charge in [-0.3, -0.25) is 14.2 Å². The number of thioether (sulfide) groups is 1. The summed E-state index contributed by atoms with van der Waals surface area (Å²) in [5, 5.41) is 3.30. The number of hydrogen-bond donors (Lipinski definition) is 1. The third-order valence-electron chi connectivity index (χ3n) is 4.25. The minimum atomic E-state index is -0.884. The molecule has 0 aliphatic carbocycles. The lowest BCUT2D eigenvalue weighted by atomic mass is 10.2. The molecular weight excluding hydrogens is 384 g/mol. The van der Waals surface area contributed by atoms with Crippen LogP contribution in [0.2, 0.25) is 0 Å². The summed E-state index contributed by atoms with van der Waals surface area (Å²) in [5.74, 6) is -1.83. The molecule has 8 heteroatoms. The number of halogens is 2. The summed E-state index contributed by atoms with van der Waals surface area (Å²) in [5.41, 5.74) is -0.161. The molecule has 0 fully saturated rings. The molecule has 0 aliphatic heterocycles. The Bertz CT molecular complexity index is 1080. The Morgan fingerprint density at radius 3 is 2.71 bits per heavy atom. The molecule has 3 aromatic rings. The van der Waals surface area contributed by atoms with E-state index in [1.165, 1.54) is 6.07 Å². The SMILES string of the molecule is CC[C@@H](C)NC(=O)CSc1nc2ccccc2c(=O)n1-c1ccc(F)cc1F. The van der Waals surface area contributed by atoms with Crippen LogP contribution >= 0.6 is 11.8 Å². The Hall–Kier alpha value is -2.74. The van der Waals surface area contributed by atoms with Gasteiger partial charge in [-0.05, 0) is 37.6 Å². The Morgan fingerprint density at radius 1 is 1.25 bits per heavy atom. The van der Waals surface area contributed by atoms with Gasteiger partial charge in [-0.2, -0.15) is 0 Å². The van der Waals surface area contributed by atoms with Gasteiger partial charge in [0.25, 0.3) is 5.56 Å². The molecule has 1 heterocycles. The first kappa shape index (κ1) is 20.0. The van der Waals surface area contributed by atoms with Crippen LogP contribution in [0.1, 0.15) is 20.3 Å². The van der Waals surface area contributed by atoms with Crippen LogP contribution in [-0.4, -0.2) is 27.3 Å². The van der Waals surface area contributed by atoms with Crippen molar-refractivity contribution in [2.24, 2.45) is 0 Å². The summed E-state index contributed by atoms with van der Waals surface area (Å²) in [6.45, 7) is 3.85. The second-order valence-corrected chi connectivity index (χ2v) is 7.26. The number of rotatable bonds is 6. The number of aromatic nitrogens is 2. The highest BCUT2D eigenvalue weighted by molar-refractivity contribution is 7.99. The van der Waals surface area contributed by atoms with Crippen LogP contribution in [0.15, 0.2) is 52.4 Å². The molecule has 1 N–H and O–H groups in total. The molecule has 2 aromatic carbocycles. The van der Waals surface area contributed by atoms with Crippen molar-refractivity contribution in [2.45, 2.75) is 31.5 Å². The van der Waals surface area contributed by atoms with E-state index in [2.05, 4.69) is 10.3 Å². The molecule has 1 aromatic heterocycles. The van der Waals surface area contributed by atoms with Gasteiger partial charge in [0.1, 0.15) is 11.6 Å². The number of para-hydroxylation sites is 1. The van der Waals surface area contributed by atoms with Crippen LogP contribution in [-0.2, 0) is 4.79 Å². The molecule has 0 spiro atoms. The van der Waals surface area contributed by atoms with Gasteiger partial charge in [0.2, 0.25) is 5.91 Å². The molecule has 3 rings (SSSR count). The number of carbonyl (C=O) groups excluding carboxylic acids is 1. The third kappa shape index (κ3) is 4.22. The van der Waals surface area contributed by atoms with Crippen LogP contribution in [0.3, 0.4) is 0 Å². The average molecular weight is 403 g/mol. The van der Waals surface area contributed by atoms with E-state index < -0.39 is 17.2 Å². The predicted molar refractivity (Wildman–Crippen MR) is 106 cm³/mol. The standard InChI is InChI=1S/C20H19F2N3O2S/c1-3-12(2)23-18(26)11-28-20-24-16-7-5-4-6-14(16)19(27)25(20)17-9-8-13(21)10-15(17)22/h4-10,12H,3,11H2,1-2H3,(H,23,26)/t12-/m1/s1. The summed E-state index contributed by atoms with van der Waals surface area (Å²) in [7, 11) is 0. The summed E-state index contributed by atoms with van der Waals surface area (Å²) in [4.78, 5) is 29.6. The fourth-order valence-electron chi connectivity index (χ4n) is 2.63. The fraction of sp³-hybridized carbons (Fsp3) is 0.250. The van der Waals surface area contributed by atoms with Crippen molar-refractivity contribution in [1.29, 1.82) is 0 Å². The smallest absolute Gasteiger partial charge is 0.266 e. The molecule has 0 saturated carbocycles. The van der Waals surface area contributed by atoms with E-state index in [0.29, 0.717) is 17.0 Å². The van der Waals surface area contributed by atoms with Gasteiger partial charge >= 0.3 is 0 Å². The van der Waals surface area contributed by atoms with E-state index in [1.54, 1.807) is 24.3 Å². The van der Waals surface area contributed by atoms with Crippen LogP contribution in [0.4, 0.5) is 8.78 Å². The van der Waals surface area contributed by atoms with Crippen molar-refractivity contribution in [2.75, 3.05) is 5.75 Å². The molecule has 28 heavy (non-hydrogen) atoms. The van der Waals surface area contributed by atoms with Gasteiger partial charge in [-0.25, -0.2) is 13.8 Å². The van der Waals surface area contributed by atoms with Crippen LogP contribution in [0, 0.1) is 11.6 Å². The predicted octanol–water partition coefficient (Wildman–Crippen LogP) is 3.67. The van der Waals surface area contributed by atoms with Crippen molar-refractivity contribution in [3.63, 3.8) is 0 Å². The summed E-state index contributed by atoms with van der Waals surface area (Å²) >= 11 is 1.02. The first-order chi connectivity index (χ1) is 13.4. The molecule has 5 nitrogen and oxygen atoms in total. The molecule has 1 atom stereocenters. The molecule has 0 bridgehead atoms. The molecular formula is C20H19F2N3O2S. The van der Waals surface area contributed by atoms with Gasteiger partial charge in [0.15, 0.2) is 5.16 Å². The highest BCUT2D eigenvalue weighted by Crippen LogP contribution is 2.23. The van der Waals surface area contributed by atoms with E-state index in [-0.39, 0.29) is 28.5 Å². The summed E-state index contributed by atoms with van der Waals surface area (Å²) < 4.78 is 28.8. The summed E-state index contributed by atoms with van der Waals surface area (Å²) in [6, 6.07) is 9.68. The van der Waals surface area contributed by atoms with Crippen LogP contribution in [0.5, 0.6) is 0 Å². The van der Waals surface area contributed by atoms with E-state index in [0.717, 1.165) is 28.8 Å². The monoisotopic (exact) mass is 403 g/mol. The Morgan fingerprint density at radius 2 is 2.00 bits per heavy atom. The van der Waals surface area contributed by atoms with Crippen molar-refractivity contribution >= 4 is 28.6 Å². The largest absolute Gasteiger partial charge is 0.353 e.